The highest BCUT2D eigenvalue weighted by Crippen LogP contribution is 2.27. The number of nitrogens with one attached hydrogen (secondary N) is 1. The van der Waals surface area contributed by atoms with Crippen molar-refractivity contribution in [3.8, 4) is 0 Å². The van der Waals surface area contributed by atoms with Crippen molar-refractivity contribution < 1.29 is 0 Å². The number of aryl methyl sites for hydroxylation is 1. The molecule has 0 radical (unpaired) electrons. The van der Waals surface area contributed by atoms with Crippen molar-refractivity contribution in [2.24, 2.45) is 14.1 Å². The summed E-state index contributed by atoms with van der Waals surface area (Å²) in [5.74, 6) is 0. The molecule has 1 N–H and O–H groups in total. The molecule has 0 aliphatic carbocycles. The standard InChI is InChI=1S/C14H22N4O2/c1-16-9-10(13(19)17(2)14(16)20)8-15-11-5-7-18-6-3-4-12(11)18/h9,11-12,15H,3-8H2,1-2H3. The van der Waals surface area contributed by atoms with Gasteiger partial charge in [-0.25, -0.2) is 4.79 Å². The molecule has 0 bridgehead atoms. The van der Waals surface area contributed by atoms with Crippen molar-refractivity contribution >= 4 is 0 Å². The predicted octanol–water partition coefficient (Wildman–Crippen LogP) is -0.590. The van der Waals surface area contributed by atoms with Crippen LogP contribution in [-0.4, -0.2) is 39.2 Å². The van der Waals surface area contributed by atoms with E-state index in [1.54, 1.807) is 13.2 Å². The smallest absolute Gasteiger partial charge is 0.308 e. The number of hydrogen-bond acceptors (Lipinski definition) is 4. The average molecular weight is 278 g/mol. The lowest BCUT2D eigenvalue weighted by atomic mass is 10.1. The second-order valence-corrected chi connectivity index (χ2v) is 5.93. The van der Waals surface area contributed by atoms with Gasteiger partial charge < -0.3 is 9.88 Å². The van der Waals surface area contributed by atoms with Crippen LogP contribution < -0.4 is 16.6 Å². The van der Waals surface area contributed by atoms with Crippen molar-refractivity contribution in [1.82, 2.24) is 19.4 Å². The molecule has 3 rings (SSSR count). The molecule has 20 heavy (non-hydrogen) atoms. The Hall–Kier alpha value is -1.40. The highest BCUT2D eigenvalue weighted by Gasteiger charge is 2.36. The van der Waals surface area contributed by atoms with Gasteiger partial charge in [-0.3, -0.25) is 14.3 Å². The largest absolute Gasteiger partial charge is 0.330 e. The predicted molar refractivity (Wildman–Crippen MR) is 76.8 cm³/mol. The van der Waals surface area contributed by atoms with Gasteiger partial charge >= 0.3 is 5.69 Å². The van der Waals surface area contributed by atoms with Crippen LogP contribution in [0.25, 0.3) is 0 Å². The van der Waals surface area contributed by atoms with Crippen LogP contribution in [0.15, 0.2) is 15.8 Å². The lowest BCUT2D eigenvalue weighted by Crippen LogP contribution is -2.42. The summed E-state index contributed by atoms with van der Waals surface area (Å²) in [6, 6.07) is 1.10. The van der Waals surface area contributed by atoms with Crippen LogP contribution in [0.2, 0.25) is 0 Å². The molecule has 0 spiro atoms. The normalized spacial score (nSPS) is 26.1. The van der Waals surface area contributed by atoms with E-state index in [2.05, 4.69) is 10.2 Å². The Bertz CT molecular complexity index is 619. The Morgan fingerprint density at radius 1 is 1.25 bits per heavy atom. The summed E-state index contributed by atoms with van der Waals surface area (Å²) < 4.78 is 2.64. The maximum atomic E-state index is 12.1. The molecule has 110 valence electrons. The van der Waals surface area contributed by atoms with Gasteiger partial charge in [0.2, 0.25) is 0 Å². The molecule has 1 aromatic rings. The van der Waals surface area contributed by atoms with Gasteiger partial charge in [0.1, 0.15) is 0 Å². The van der Waals surface area contributed by atoms with Gasteiger partial charge in [0.05, 0.1) is 0 Å². The summed E-state index contributed by atoms with van der Waals surface area (Å²) in [5, 5.41) is 3.51. The SMILES string of the molecule is Cn1cc(CNC2CCN3CCCC23)c(=O)n(C)c1=O. The molecule has 3 heterocycles. The fraction of sp³-hybridized carbons (Fsp3) is 0.714. The van der Waals surface area contributed by atoms with Crippen molar-refractivity contribution in [3.63, 3.8) is 0 Å². The molecule has 1 aromatic heterocycles. The van der Waals surface area contributed by atoms with Crippen molar-refractivity contribution in [1.29, 1.82) is 0 Å². The Kier molecular flexibility index (Phi) is 3.52. The monoisotopic (exact) mass is 278 g/mol. The zero-order valence-corrected chi connectivity index (χ0v) is 12.1. The van der Waals surface area contributed by atoms with E-state index in [9.17, 15) is 9.59 Å². The number of hydrogen-bond donors (Lipinski definition) is 1. The fourth-order valence-electron chi connectivity index (χ4n) is 3.57. The van der Waals surface area contributed by atoms with Gasteiger partial charge in [0.15, 0.2) is 0 Å². The Morgan fingerprint density at radius 2 is 2.05 bits per heavy atom. The molecule has 2 atom stereocenters. The summed E-state index contributed by atoms with van der Waals surface area (Å²) in [6.07, 6.45) is 5.34. The zero-order chi connectivity index (χ0) is 14.3. The highest BCUT2D eigenvalue weighted by molar-refractivity contribution is 5.06. The molecule has 2 saturated heterocycles. The van der Waals surface area contributed by atoms with E-state index in [4.69, 9.17) is 0 Å². The second-order valence-electron chi connectivity index (χ2n) is 5.93. The minimum Gasteiger partial charge on any atom is -0.308 e. The van der Waals surface area contributed by atoms with Gasteiger partial charge in [0.25, 0.3) is 5.56 Å². The summed E-state index contributed by atoms with van der Waals surface area (Å²) in [5.41, 5.74) is 0.189. The Labute approximate surface area is 118 Å². The molecule has 2 aliphatic rings. The van der Waals surface area contributed by atoms with E-state index in [1.807, 2.05) is 0 Å². The van der Waals surface area contributed by atoms with Gasteiger partial charge in [-0.15, -0.1) is 0 Å². The van der Waals surface area contributed by atoms with Crippen molar-refractivity contribution in [2.45, 2.75) is 37.9 Å². The lowest BCUT2D eigenvalue weighted by molar-refractivity contribution is 0.298. The van der Waals surface area contributed by atoms with Crippen LogP contribution in [-0.2, 0) is 20.6 Å². The summed E-state index contributed by atoms with van der Waals surface area (Å²) in [7, 11) is 3.21. The van der Waals surface area contributed by atoms with Crippen LogP contribution in [0.5, 0.6) is 0 Å². The van der Waals surface area contributed by atoms with E-state index in [0.717, 1.165) is 13.0 Å². The summed E-state index contributed by atoms with van der Waals surface area (Å²) in [4.78, 5) is 26.3. The minimum absolute atomic E-state index is 0.193. The first-order valence-electron chi connectivity index (χ1n) is 7.31. The quantitative estimate of drug-likeness (QED) is 0.803. The zero-order valence-electron chi connectivity index (χ0n) is 12.1. The first-order valence-corrected chi connectivity index (χ1v) is 7.31. The van der Waals surface area contributed by atoms with Crippen LogP contribution in [0.1, 0.15) is 24.8 Å². The Balaban J connectivity index is 1.73. The molecule has 6 nitrogen and oxygen atoms in total. The molecule has 2 aliphatic heterocycles. The molecular formula is C14H22N4O2. The van der Waals surface area contributed by atoms with Gasteiger partial charge in [-0.2, -0.15) is 0 Å². The molecule has 0 aromatic carbocycles. The third kappa shape index (κ3) is 2.23. The summed E-state index contributed by atoms with van der Waals surface area (Å²) >= 11 is 0. The van der Waals surface area contributed by atoms with Crippen molar-refractivity contribution in [2.75, 3.05) is 13.1 Å². The van der Waals surface area contributed by atoms with E-state index in [1.165, 1.54) is 35.6 Å². The minimum atomic E-state index is -0.276. The lowest BCUT2D eigenvalue weighted by Gasteiger charge is -2.21. The van der Waals surface area contributed by atoms with Crippen LogP contribution >= 0.6 is 0 Å². The molecule has 6 heteroatoms. The second kappa shape index (κ2) is 5.18. The molecule has 2 unspecified atom stereocenters. The first-order chi connectivity index (χ1) is 9.58. The summed E-state index contributed by atoms with van der Waals surface area (Å²) in [6.45, 7) is 2.91. The van der Waals surface area contributed by atoms with Gasteiger partial charge in [-0.1, -0.05) is 0 Å². The van der Waals surface area contributed by atoms with E-state index < -0.39 is 0 Å². The number of fused-ring (bicyclic) bond motifs is 1. The number of aromatic nitrogens is 2. The van der Waals surface area contributed by atoms with Crippen LogP contribution in [0, 0.1) is 0 Å². The number of nitrogens with zero attached hydrogens (tertiary/aromatic N) is 3. The van der Waals surface area contributed by atoms with Crippen LogP contribution in [0.3, 0.4) is 0 Å². The number of rotatable bonds is 3. The van der Waals surface area contributed by atoms with Crippen LogP contribution in [0.4, 0.5) is 0 Å². The van der Waals surface area contributed by atoms with Crippen molar-refractivity contribution in [3.05, 3.63) is 32.6 Å². The van der Waals surface area contributed by atoms with E-state index in [-0.39, 0.29) is 11.2 Å². The van der Waals surface area contributed by atoms with E-state index in [0.29, 0.717) is 24.2 Å². The maximum Gasteiger partial charge on any atom is 0.330 e. The molecule has 0 amide bonds. The third-order valence-corrected chi connectivity index (χ3v) is 4.68. The first kappa shape index (κ1) is 13.6. The average Bonchev–Trinajstić information content (AvgIpc) is 3.02. The topological polar surface area (TPSA) is 59.3 Å². The third-order valence-electron chi connectivity index (χ3n) is 4.68. The van der Waals surface area contributed by atoms with E-state index >= 15 is 0 Å². The molecule has 0 saturated carbocycles. The highest BCUT2D eigenvalue weighted by atomic mass is 16.2. The molecular weight excluding hydrogens is 256 g/mol. The fourth-order valence-corrected chi connectivity index (χ4v) is 3.57. The van der Waals surface area contributed by atoms with Gasteiger partial charge in [0, 0.05) is 51.0 Å². The molecule has 2 fully saturated rings. The maximum absolute atomic E-state index is 12.1. The van der Waals surface area contributed by atoms with Gasteiger partial charge in [-0.05, 0) is 25.8 Å². The Morgan fingerprint density at radius 3 is 2.85 bits per heavy atom.